The molecule has 112 valence electrons. The Balaban J connectivity index is 2.26. The van der Waals surface area contributed by atoms with Crippen LogP contribution >= 0.6 is 22.4 Å². The molecule has 1 atom stereocenters. The van der Waals surface area contributed by atoms with Gasteiger partial charge in [-0.1, -0.05) is 28.1 Å². The number of hydrogen-bond donors (Lipinski definition) is 0. The summed E-state index contributed by atoms with van der Waals surface area (Å²) in [5, 5.41) is 0. The average molecular weight is 395 g/mol. The summed E-state index contributed by atoms with van der Waals surface area (Å²) in [4.78, 5) is 7.15. The quantitative estimate of drug-likeness (QED) is 0.430. The van der Waals surface area contributed by atoms with E-state index in [0.29, 0.717) is 0 Å². The van der Waals surface area contributed by atoms with Gasteiger partial charge in [0.1, 0.15) is 4.57 Å². The lowest BCUT2D eigenvalue weighted by atomic mass is 10.5. The summed E-state index contributed by atoms with van der Waals surface area (Å²) in [5.74, 6) is -1.39. The lowest BCUT2D eigenvalue weighted by Crippen LogP contribution is -2.10. The molecule has 0 aliphatic carbocycles. The van der Waals surface area contributed by atoms with E-state index in [1.807, 2.05) is 0 Å². The van der Waals surface area contributed by atoms with Gasteiger partial charge in [-0.15, -0.1) is 0 Å². The largest absolute Gasteiger partial charge is 0.416 e. The van der Waals surface area contributed by atoms with Crippen LogP contribution < -0.4 is 9.05 Å². The first-order valence-corrected chi connectivity index (χ1v) is 9.39. The van der Waals surface area contributed by atoms with E-state index in [9.17, 15) is 8.78 Å². The molecule has 0 saturated heterocycles. The van der Waals surface area contributed by atoms with Crippen molar-refractivity contribution >= 4 is 34.2 Å². The maximum absolute atomic E-state index is 13.1. The van der Waals surface area contributed by atoms with Gasteiger partial charge in [0.25, 0.3) is 0 Å². The molecule has 0 bridgehead atoms. The summed E-state index contributed by atoms with van der Waals surface area (Å²) >= 11 is 8.67. The number of nitrogens with zero attached hydrogens (tertiary/aromatic N) is 2. The predicted molar refractivity (Wildman–Crippen MR) is 82.3 cm³/mol. The summed E-state index contributed by atoms with van der Waals surface area (Å²) in [6.07, 6.45) is 0. The summed E-state index contributed by atoms with van der Waals surface area (Å²) in [6.45, 7) is -1.26. The van der Waals surface area contributed by atoms with Crippen LogP contribution in [-0.4, -0.2) is 14.5 Å². The summed E-state index contributed by atoms with van der Waals surface area (Å²) in [7, 11) is 0. The number of hydrogen-bond acceptors (Lipinski definition) is 5. The second-order valence-electron chi connectivity index (χ2n) is 3.89. The molecule has 2 heterocycles. The fourth-order valence-electron chi connectivity index (χ4n) is 1.31. The Labute approximate surface area is 133 Å². The SMILES string of the molecule is CC(Br)P(=S)(Oc1cccc(F)n1)Oc1cccc(F)n1. The first-order chi connectivity index (χ1) is 9.89. The van der Waals surface area contributed by atoms with E-state index in [4.69, 9.17) is 20.9 Å². The monoisotopic (exact) mass is 394 g/mol. The van der Waals surface area contributed by atoms with Crippen molar-refractivity contribution in [2.24, 2.45) is 0 Å². The topological polar surface area (TPSA) is 44.2 Å². The zero-order chi connectivity index (χ0) is 15.5. The molecule has 0 aliphatic heterocycles. The van der Waals surface area contributed by atoms with E-state index in [2.05, 4.69) is 25.9 Å². The van der Waals surface area contributed by atoms with Crippen LogP contribution in [0.2, 0.25) is 0 Å². The highest BCUT2D eigenvalue weighted by molar-refractivity contribution is 9.11. The van der Waals surface area contributed by atoms with Crippen LogP contribution in [0.25, 0.3) is 0 Å². The van der Waals surface area contributed by atoms with Crippen molar-refractivity contribution in [2.45, 2.75) is 11.5 Å². The van der Waals surface area contributed by atoms with Gasteiger partial charge in [0.15, 0.2) is 0 Å². The van der Waals surface area contributed by atoms with E-state index < -0.39 is 18.4 Å². The molecule has 0 fully saturated rings. The van der Waals surface area contributed by atoms with Crippen LogP contribution in [0.5, 0.6) is 11.8 Å². The normalized spacial score (nSPS) is 12.8. The van der Waals surface area contributed by atoms with E-state index in [0.717, 1.165) is 0 Å². The van der Waals surface area contributed by atoms with Crippen molar-refractivity contribution in [2.75, 3.05) is 0 Å². The highest BCUT2D eigenvalue weighted by Crippen LogP contribution is 2.54. The minimum atomic E-state index is -2.98. The molecule has 4 nitrogen and oxygen atoms in total. The zero-order valence-corrected chi connectivity index (χ0v) is 14.0. The molecule has 21 heavy (non-hydrogen) atoms. The second-order valence-corrected chi connectivity index (χ2v) is 9.72. The second kappa shape index (κ2) is 6.77. The molecule has 2 rings (SSSR count). The maximum atomic E-state index is 13.1. The lowest BCUT2D eigenvalue weighted by Gasteiger charge is -2.24. The van der Waals surface area contributed by atoms with E-state index in [1.165, 1.54) is 36.4 Å². The Hall–Kier alpha value is -1.11. The first kappa shape index (κ1) is 16.3. The zero-order valence-electron chi connectivity index (χ0n) is 10.7. The van der Waals surface area contributed by atoms with Crippen molar-refractivity contribution in [3.05, 3.63) is 48.3 Å². The molecule has 0 saturated carbocycles. The van der Waals surface area contributed by atoms with Crippen LogP contribution in [0, 0.1) is 11.9 Å². The van der Waals surface area contributed by atoms with Gasteiger partial charge >= 0.3 is 6.49 Å². The number of rotatable bonds is 5. The van der Waals surface area contributed by atoms with E-state index >= 15 is 0 Å². The molecule has 9 heteroatoms. The fraction of sp³-hybridized carbons (Fsp3) is 0.167. The summed E-state index contributed by atoms with van der Waals surface area (Å²) in [6, 6.07) is 8.17. The minimum Gasteiger partial charge on any atom is -0.416 e. The molecule has 0 amide bonds. The Morgan fingerprint density at radius 3 is 1.81 bits per heavy atom. The number of aromatic nitrogens is 2. The fourth-order valence-corrected chi connectivity index (χ4v) is 3.32. The van der Waals surface area contributed by atoms with E-state index in [1.54, 1.807) is 6.92 Å². The highest BCUT2D eigenvalue weighted by Gasteiger charge is 2.30. The molecule has 1 unspecified atom stereocenters. The van der Waals surface area contributed by atoms with E-state index in [-0.39, 0.29) is 16.3 Å². The van der Waals surface area contributed by atoms with Gasteiger partial charge in [-0.2, -0.15) is 18.7 Å². The van der Waals surface area contributed by atoms with Crippen LogP contribution in [0.1, 0.15) is 6.92 Å². The molecule has 0 aliphatic rings. The molecular weight excluding hydrogens is 385 g/mol. The van der Waals surface area contributed by atoms with Crippen LogP contribution in [-0.2, 0) is 11.8 Å². The average Bonchev–Trinajstić information content (AvgIpc) is 2.38. The van der Waals surface area contributed by atoms with Gasteiger partial charge in [-0.25, -0.2) is 0 Å². The predicted octanol–water partition coefficient (Wildman–Crippen LogP) is 4.26. The van der Waals surface area contributed by atoms with Crippen molar-refractivity contribution in [3.8, 4) is 11.8 Å². The molecule has 0 aromatic carbocycles. The van der Waals surface area contributed by atoms with Crippen molar-refractivity contribution < 1.29 is 17.8 Å². The summed E-state index contributed by atoms with van der Waals surface area (Å²) in [5.41, 5.74) is 0. The first-order valence-electron chi connectivity index (χ1n) is 5.77. The summed E-state index contributed by atoms with van der Waals surface area (Å²) < 4.78 is 36.9. The molecule has 2 aromatic heterocycles. The molecule has 0 spiro atoms. The standard InChI is InChI=1S/C12H10BrF2N2O2PS/c1-8(13)20(21,18-11-6-2-4-9(14)16-11)19-12-7-3-5-10(15)17-12/h2-8H,1H3. The third kappa shape index (κ3) is 4.43. The van der Waals surface area contributed by atoms with Gasteiger partial charge in [0.2, 0.25) is 23.7 Å². The molecule has 0 N–H and O–H groups in total. The molecule has 0 radical (unpaired) electrons. The Kier molecular flexibility index (Phi) is 5.24. The van der Waals surface area contributed by atoms with Crippen molar-refractivity contribution in [1.29, 1.82) is 0 Å². The highest BCUT2D eigenvalue weighted by atomic mass is 79.9. The maximum Gasteiger partial charge on any atom is 0.303 e. The number of pyridine rings is 2. The third-order valence-electron chi connectivity index (χ3n) is 2.26. The third-order valence-corrected chi connectivity index (χ3v) is 7.84. The van der Waals surface area contributed by atoms with Crippen LogP contribution in [0.3, 0.4) is 0 Å². The van der Waals surface area contributed by atoms with Gasteiger partial charge in [-0.3, -0.25) is 0 Å². The number of halogens is 3. The Morgan fingerprint density at radius 2 is 1.48 bits per heavy atom. The Bertz CT molecular complexity index is 638. The lowest BCUT2D eigenvalue weighted by molar-refractivity contribution is 0.446. The van der Waals surface area contributed by atoms with Crippen molar-refractivity contribution in [3.63, 3.8) is 0 Å². The smallest absolute Gasteiger partial charge is 0.303 e. The Morgan fingerprint density at radius 1 is 1.05 bits per heavy atom. The number of alkyl halides is 1. The van der Waals surface area contributed by atoms with Gasteiger partial charge in [0.05, 0.1) is 0 Å². The van der Waals surface area contributed by atoms with Crippen molar-refractivity contribution in [1.82, 2.24) is 9.97 Å². The minimum absolute atomic E-state index is 0.000960. The van der Waals surface area contributed by atoms with Crippen LogP contribution in [0.15, 0.2) is 36.4 Å². The molecular formula is C12H10BrF2N2O2PS. The van der Waals surface area contributed by atoms with Gasteiger partial charge in [-0.05, 0) is 30.9 Å². The molecule has 2 aromatic rings. The van der Waals surface area contributed by atoms with Gasteiger partial charge < -0.3 is 9.05 Å². The van der Waals surface area contributed by atoms with Crippen LogP contribution in [0.4, 0.5) is 8.78 Å². The van der Waals surface area contributed by atoms with Gasteiger partial charge in [0, 0.05) is 12.1 Å².